The minimum absolute atomic E-state index is 0.100. The Balaban J connectivity index is 2.25. The monoisotopic (exact) mass is 305 g/mol. The summed E-state index contributed by atoms with van der Waals surface area (Å²) in [5, 5.41) is 3.44. The van der Waals surface area contributed by atoms with Crippen molar-refractivity contribution in [3.8, 4) is 0 Å². The molecule has 0 fully saturated rings. The molecule has 1 aromatic heterocycles. The highest BCUT2D eigenvalue weighted by Crippen LogP contribution is 2.06. The molecule has 2 N–H and O–H groups in total. The van der Waals surface area contributed by atoms with Crippen molar-refractivity contribution in [2.24, 2.45) is 0 Å². The maximum Gasteiger partial charge on any atom is 0.262 e. The largest absolute Gasteiger partial charge is 0.351 e. The van der Waals surface area contributed by atoms with Crippen LogP contribution in [0, 0.1) is 4.77 Å². The zero-order chi connectivity index (χ0) is 15.6. The number of carbonyl (C=O) groups excluding carboxylic acids is 1. The Morgan fingerprint density at radius 1 is 1.33 bits per heavy atom. The van der Waals surface area contributed by atoms with Gasteiger partial charge in [0.1, 0.15) is 0 Å². The van der Waals surface area contributed by atoms with Crippen LogP contribution in [-0.4, -0.2) is 21.0 Å². The number of fused-ring (bicyclic) bond motifs is 1. The van der Waals surface area contributed by atoms with E-state index in [1.54, 1.807) is 12.1 Å². The Morgan fingerprint density at radius 2 is 2.00 bits per heavy atom. The van der Waals surface area contributed by atoms with Crippen LogP contribution < -0.4 is 10.9 Å². The fraction of sp³-hybridized carbons (Fsp3) is 0.400. The summed E-state index contributed by atoms with van der Waals surface area (Å²) < 4.78 is 1.77. The zero-order valence-corrected chi connectivity index (χ0v) is 13.2. The summed E-state index contributed by atoms with van der Waals surface area (Å²) >= 11 is 5.20. The van der Waals surface area contributed by atoms with Gasteiger partial charge in [-0.15, -0.1) is 0 Å². The van der Waals surface area contributed by atoms with Gasteiger partial charge >= 0.3 is 0 Å². The molecule has 1 amide bonds. The van der Waals surface area contributed by atoms with Crippen LogP contribution in [0.15, 0.2) is 29.1 Å². The molecule has 0 saturated heterocycles. The summed E-state index contributed by atoms with van der Waals surface area (Å²) in [6, 6.07) is 7.20. The molecule has 2 aromatic rings. The molecule has 5 nitrogen and oxygen atoms in total. The molecule has 0 aliphatic heterocycles. The minimum Gasteiger partial charge on any atom is -0.351 e. The van der Waals surface area contributed by atoms with Crippen molar-refractivity contribution < 1.29 is 4.79 Å². The molecule has 0 radical (unpaired) electrons. The third kappa shape index (κ3) is 3.78. The number of nitrogens with one attached hydrogen (secondary N) is 2. The summed E-state index contributed by atoms with van der Waals surface area (Å²) in [6.07, 6.45) is 0.215. The van der Waals surface area contributed by atoms with Gasteiger partial charge in [0, 0.05) is 18.5 Å². The quantitative estimate of drug-likeness (QED) is 0.856. The first-order valence-electron chi connectivity index (χ1n) is 6.81. The maximum absolute atomic E-state index is 12.4. The van der Waals surface area contributed by atoms with Gasteiger partial charge in [0.05, 0.1) is 10.9 Å². The fourth-order valence-electron chi connectivity index (χ4n) is 2.10. The van der Waals surface area contributed by atoms with Crippen LogP contribution in [0.25, 0.3) is 10.9 Å². The standard InChI is InChI=1S/C15H19N3O2S/c1-15(2,3)17-12(19)8-9-18-13(20)10-6-4-5-7-11(10)16-14(18)21/h4-7H,8-9H2,1-3H3,(H,16,21)(H,17,19). The predicted octanol–water partition coefficient (Wildman–Crippen LogP) is 2.36. The highest BCUT2D eigenvalue weighted by Gasteiger charge is 2.14. The number of benzene rings is 1. The number of hydrogen-bond donors (Lipinski definition) is 2. The lowest BCUT2D eigenvalue weighted by atomic mass is 10.1. The van der Waals surface area contributed by atoms with E-state index in [0.717, 1.165) is 0 Å². The van der Waals surface area contributed by atoms with Gasteiger partial charge in [0.2, 0.25) is 5.91 Å². The highest BCUT2D eigenvalue weighted by molar-refractivity contribution is 7.71. The van der Waals surface area contributed by atoms with E-state index in [4.69, 9.17) is 12.2 Å². The summed E-state index contributed by atoms with van der Waals surface area (Å²) in [5.74, 6) is -0.100. The van der Waals surface area contributed by atoms with Gasteiger partial charge in [-0.25, -0.2) is 0 Å². The number of amides is 1. The molecule has 0 saturated carbocycles. The van der Waals surface area contributed by atoms with E-state index in [0.29, 0.717) is 15.7 Å². The lowest BCUT2D eigenvalue weighted by molar-refractivity contribution is -0.122. The van der Waals surface area contributed by atoms with Crippen molar-refractivity contribution in [1.29, 1.82) is 0 Å². The molecule has 1 aromatic carbocycles. The van der Waals surface area contributed by atoms with Gasteiger partial charge < -0.3 is 10.3 Å². The number of rotatable bonds is 3. The van der Waals surface area contributed by atoms with E-state index in [1.807, 2.05) is 32.9 Å². The Hall–Kier alpha value is -1.95. The van der Waals surface area contributed by atoms with E-state index < -0.39 is 0 Å². The van der Waals surface area contributed by atoms with Gasteiger partial charge in [-0.1, -0.05) is 12.1 Å². The SMILES string of the molecule is CC(C)(C)NC(=O)CCn1c(=S)[nH]c2ccccc2c1=O. The van der Waals surface area contributed by atoms with Gasteiger partial charge in [-0.05, 0) is 45.1 Å². The Kier molecular flexibility index (Phi) is 4.27. The molecule has 0 bridgehead atoms. The number of hydrogen-bond acceptors (Lipinski definition) is 3. The van der Waals surface area contributed by atoms with Crippen molar-refractivity contribution >= 4 is 29.0 Å². The molecular formula is C15H19N3O2S. The average molecular weight is 305 g/mol. The van der Waals surface area contributed by atoms with Gasteiger partial charge in [0.25, 0.3) is 5.56 Å². The molecule has 1 heterocycles. The predicted molar refractivity (Wildman–Crippen MR) is 85.9 cm³/mol. The summed E-state index contributed by atoms with van der Waals surface area (Å²) in [7, 11) is 0. The van der Waals surface area contributed by atoms with Crippen LogP contribution in [0.2, 0.25) is 0 Å². The smallest absolute Gasteiger partial charge is 0.262 e. The van der Waals surface area contributed by atoms with E-state index in [9.17, 15) is 9.59 Å². The fourth-order valence-corrected chi connectivity index (χ4v) is 2.38. The van der Waals surface area contributed by atoms with Crippen molar-refractivity contribution in [3.05, 3.63) is 39.4 Å². The third-order valence-electron chi connectivity index (χ3n) is 2.97. The van der Waals surface area contributed by atoms with Crippen molar-refractivity contribution in [2.45, 2.75) is 39.3 Å². The molecule has 0 aliphatic carbocycles. The lowest BCUT2D eigenvalue weighted by Crippen LogP contribution is -2.41. The van der Waals surface area contributed by atoms with Gasteiger partial charge in [-0.3, -0.25) is 14.2 Å². The second-order valence-corrected chi connectivity index (χ2v) is 6.37. The number of nitrogens with zero attached hydrogens (tertiary/aromatic N) is 1. The van der Waals surface area contributed by atoms with Gasteiger partial charge in [-0.2, -0.15) is 0 Å². The first-order chi connectivity index (χ1) is 9.78. The Morgan fingerprint density at radius 3 is 2.67 bits per heavy atom. The molecular weight excluding hydrogens is 286 g/mol. The Bertz CT molecular complexity index is 784. The van der Waals surface area contributed by atoms with E-state index in [-0.39, 0.29) is 30.0 Å². The van der Waals surface area contributed by atoms with Crippen LogP contribution >= 0.6 is 12.2 Å². The van der Waals surface area contributed by atoms with E-state index >= 15 is 0 Å². The summed E-state index contributed by atoms with van der Waals surface area (Å²) in [4.78, 5) is 27.3. The number of H-pyrrole nitrogens is 1. The first-order valence-corrected chi connectivity index (χ1v) is 7.21. The van der Waals surface area contributed by atoms with Crippen molar-refractivity contribution in [1.82, 2.24) is 14.9 Å². The lowest BCUT2D eigenvalue weighted by Gasteiger charge is -2.20. The minimum atomic E-state index is -0.283. The average Bonchev–Trinajstić information content (AvgIpc) is 2.36. The number of aromatic nitrogens is 2. The topological polar surface area (TPSA) is 66.9 Å². The van der Waals surface area contributed by atoms with Crippen LogP contribution in [-0.2, 0) is 11.3 Å². The number of para-hydroxylation sites is 1. The molecule has 0 unspecified atom stereocenters. The first kappa shape index (κ1) is 15.4. The van der Waals surface area contributed by atoms with Crippen molar-refractivity contribution in [2.75, 3.05) is 0 Å². The van der Waals surface area contributed by atoms with E-state index in [2.05, 4.69) is 10.3 Å². The van der Waals surface area contributed by atoms with Crippen LogP contribution in [0.4, 0.5) is 0 Å². The molecule has 6 heteroatoms. The molecule has 2 rings (SSSR count). The molecule has 21 heavy (non-hydrogen) atoms. The van der Waals surface area contributed by atoms with Crippen molar-refractivity contribution in [3.63, 3.8) is 0 Å². The van der Waals surface area contributed by atoms with Crippen LogP contribution in [0.5, 0.6) is 0 Å². The highest BCUT2D eigenvalue weighted by atomic mass is 32.1. The second kappa shape index (κ2) is 5.81. The Labute approximate surface area is 128 Å². The maximum atomic E-state index is 12.4. The van der Waals surface area contributed by atoms with E-state index in [1.165, 1.54) is 4.57 Å². The molecule has 0 spiro atoms. The third-order valence-corrected chi connectivity index (χ3v) is 3.29. The van der Waals surface area contributed by atoms with Crippen LogP contribution in [0.3, 0.4) is 0 Å². The zero-order valence-electron chi connectivity index (χ0n) is 12.4. The normalized spacial score (nSPS) is 11.6. The number of aromatic amines is 1. The molecule has 112 valence electrons. The van der Waals surface area contributed by atoms with Gasteiger partial charge in [0.15, 0.2) is 4.77 Å². The molecule has 0 aliphatic rings. The number of carbonyl (C=O) groups is 1. The van der Waals surface area contributed by atoms with Crippen LogP contribution in [0.1, 0.15) is 27.2 Å². The molecule has 0 atom stereocenters. The second-order valence-electron chi connectivity index (χ2n) is 5.98. The summed E-state index contributed by atoms with van der Waals surface area (Å²) in [5.41, 5.74) is 0.259. The summed E-state index contributed by atoms with van der Waals surface area (Å²) in [6.45, 7) is 6.01.